The van der Waals surface area contributed by atoms with Gasteiger partial charge in [-0.1, -0.05) is 27.2 Å². The summed E-state index contributed by atoms with van der Waals surface area (Å²) >= 11 is 0. The fourth-order valence-electron chi connectivity index (χ4n) is 1.55. The number of nitrogens with zero attached hydrogens (tertiary/aromatic N) is 1. The van der Waals surface area contributed by atoms with Crippen LogP contribution in [0.3, 0.4) is 0 Å². The van der Waals surface area contributed by atoms with Gasteiger partial charge in [0.2, 0.25) is 0 Å². The van der Waals surface area contributed by atoms with Crippen LogP contribution in [0.15, 0.2) is 16.8 Å². The quantitative estimate of drug-likeness (QED) is 0.755. The standard InChI is InChI=1S/C8H16O.C6H14O.C5H10N2/c1-2-5-8-6-3-4-7-9-8;1-5(2)6(3,4)7;1-5(6)3-4-7-2/h8H,2-7H2,1H3;5,7H,1-4H3;3-4H,6H2,1-2H3/b;;5-3+,7-4?. The molecule has 1 rings (SSSR count). The van der Waals surface area contributed by atoms with E-state index >= 15 is 0 Å². The number of nitrogens with two attached hydrogens (primary N) is 1. The molecule has 1 fully saturated rings. The third-order valence-corrected chi connectivity index (χ3v) is 3.78. The van der Waals surface area contributed by atoms with Gasteiger partial charge in [0, 0.05) is 25.6 Å². The number of ether oxygens (including phenoxy) is 1. The molecule has 0 saturated carbocycles. The van der Waals surface area contributed by atoms with Crippen LogP contribution in [0.25, 0.3) is 0 Å². The summed E-state index contributed by atoms with van der Waals surface area (Å²) in [6.45, 7) is 12.7. The SMILES string of the molecule is CC(C)C(C)(C)O.CCCC1CCCCO1.CN=C/C=C(\C)N. The Morgan fingerprint density at radius 2 is 1.96 bits per heavy atom. The number of hydrogen-bond acceptors (Lipinski definition) is 4. The van der Waals surface area contributed by atoms with Crippen LogP contribution in [0.5, 0.6) is 0 Å². The second-order valence-electron chi connectivity index (χ2n) is 6.90. The predicted molar refractivity (Wildman–Crippen MR) is 102 cm³/mol. The number of allylic oxidation sites excluding steroid dienone is 2. The van der Waals surface area contributed by atoms with E-state index in [1.165, 1.54) is 32.1 Å². The van der Waals surface area contributed by atoms with Crippen molar-refractivity contribution in [1.82, 2.24) is 0 Å². The van der Waals surface area contributed by atoms with E-state index in [9.17, 15) is 0 Å². The van der Waals surface area contributed by atoms with Crippen molar-refractivity contribution in [2.24, 2.45) is 16.6 Å². The zero-order valence-corrected chi connectivity index (χ0v) is 16.4. The molecule has 0 bridgehead atoms. The summed E-state index contributed by atoms with van der Waals surface area (Å²) in [5.41, 5.74) is 5.53. The summed E-state index contributed by atoms with van der Waals surface area (Å²) in [6, 6.07) is 0. The smallest absolute Gasteiger partial charge is 0.0614 e. The fraction of sp³-hybridized carbons (Fsp3) is 0.842. The molecular weight excluding hydrogens is 288 g/mol. The molecule has 1 unspecified atom stereocenters. The van der Waals surface area contributed by atoms with Gasteiger partial charge in [-0.25, -0.2) is 0 Å². The monoisotopic (exact) mass is 328 g/mol. The van der Waals surface area contributed by atoms with Crippen LogP contribution in [0.4, 0.5) is 0 Å². The number of hydrogen-bond donors (Lipinski definition) is 2. The van der Waals surface area contributed by atoms with E-state index in [0.717, 1.165) is 12.3 Å². The topological polar surface area (TPSA) is 67.8 Å². The van der Waals surface area contributed by atoms with Gasteiger partial charge in [0.25, 0.3) is 0 Å². The Hall–Kier alpha value is -0.870. The summed E-state index contributed by atoms with van der Waals surface area (Å²) in [6.07, 6.45) is 10.5. The molecule has 1 saturated heterocycles. The largest absolute Gasteiger partial charge is 0.402 e. The van der Waals surface area contributed by atoms with Gasteiger partial charge in [-0.3, -0.25) is 4.99 Å². The average Bonchev–Trinajstić information content (AvgIpc) is 2.47. The first-order valence-corrected chi connectivity index (χ1v) is 8.83. The van der Waals surface area contributed by atoms with Gasteiger partial charge in [0.1, 0.15) is 0 Å². The van der Waals surface area contributed by atoms with E-state index in [1.807, 2.05) is 34.6 Å². The number of aliphatic imine (C=N–C) groups is 1. The molecule has 0 aliphatic carbocycles. The molecule has 0 spiro atoms. The molecular formula is C19H40N2O2. The van der Waals surface area contributed by atoms with Crippen LogP contribution < -0.4 is 5.73 Å². The van der Waals surface area contributed by atoms with Crippen molar-refractivity contribution in [3.8, 4) is 0 Å². The van der Waals surface area contributed by atoms with Crippen molar-refractivity contribution < 1.29 is 9.84 Å². The van der Waals surface area contributed by atoms with Gasteiger partial charge in [0.15, 0.2) is 0 Å². The van der Waals surface area contributed by atoms with Crippen LogP contribution in [0, 0.1) is 5.92 Å². The van der Waals surface area contributed by atoms with Crippen molar-refractivity contribution in [2.75, 3.05) is 13.7 Å². The van der Waals surface area contributed by atoms with E-state index in [0.29, 0.717) is 12.0 Å². The fourth-order valence-corrected chi connectivity index (χ4v) is 1.55. The molecule has 138 valence electrons. The highest BCUT2D eigenvalue weighted by atomic mass is 16.5. The van der Waals surface area contributed by atoms with E-state index in [-0.39, 0.29) is 0 Å². The second-order valence-corrected chi connectivity index (χ2v) is 6.90. The molecule has 0 radical (unpaired) electrons. The maximum Gasteiger partial charge on any atom is 0.0614 e. The summed E-state index contributed by atoms with van der Waals surface area (Å²) in [7, 11) is 1.71. The van der Waals surface area contributed by atoms with Crippen molar-refractivity contribution in [3.05, 3.63) is 11.8 Å². The predicted octanol–water partition coefficient (Wildman–Crippen LogP) is 4.32. The summed E-state index contributed by atoms with van der Waals surface area (Å²) < 4.78 is 5.52. The first-order chi connectivity index (χ1) is 10.6. The summed E-state index contributed by atoms with van der Waals surface area (Å²) in [5.74, 6) is 0.354. The normalized spacial score (nSPS) is 19.0. The average molecular weight is 329 g/mol. The molecule has 1 aliphatic heterocycles. The highest BCUT2D eigenvalue weighted by molar-refractivity contribution is 5.71. The van der Waals surface area contributed by atoms with E-state index in [4.69, 9.17) is 15.6 Å². The first-order valence-electron chi connectivity index (χ1n) is 8.83. The van der Waals surface area contributed by atoms with Gasteiger partial charge in [-0.2, -0.15) is 0 Å². The minimum Gasteiger partial charge on any atom is -0.402 e. The van der Waals surface area contributed by atoms with Crippen molar-refractivity contribution in [2.45, 2.75) is 85.4 Å². The third kappa shape index (κ3) is 19.1. The molecule has 4 heteroatoms. The molecule has 1 aliphatic rings. The molecule has 1 atom stereocenters. The third-order valence-electron chi connectivity index (χ3n) is 3.78. The first kappa shape index (κ1) is 24.4. The Balaban J connectivity index is 0. The Morgan fingerprint density at radius 3 is 2.22 bits per heavy atom. The molecule has 0 amide bonds. The lowest BCUT2D eigenvalue weighted by molar-refractivity contribution is 0.0109. The van der Waals surface area contributed by atoms with Crippen molar-refractivity contribution >= 4 is 6.21 Å². The Bertz CT molecular complexity index is 305. The molecule has 4 nitrogen and oxygen atoms in total. The zero-order valence-electron chi connectivity index (χ0n) is 16.4. The highest BCUT2D eigenvalue weighted by Crippen LogP contribution is 2.16. The van der Waals surface area contributed by atoms with Gasteiger partial charge in [0.05, 0.1) is 11.7 Å². The Labute approximate surface area is 144 Å². The minimum absolute atomic E-state index is 0.354. The van der Waals surface area contributed by atoms with Crippen LogP contribution in [-0.2, 0) is 4.74 Å². The maximum atomic E-state index is 9.09. The van der Waals surface area contributed by atoms with Gasteiger partial charge >= 0.3 is 0 Å². The Morgan fingerprint density at radius 1 is 1.39 bits per heavy atom. The highest BCUT2D eigenvalue weighted by Gasteiger charge is 2.16. The molecule has 3 N–H and O–H groups in total. The number of rotatable bonds is 4. The molecule has 23 heavy (non-hydrogen) atoms. The van der Waals surface area contributed by atoms with E-state index < -0.39 is 5.60 Å². The second kappa shape index (κ2) is 14.7. The molecule has 0 aromatic rings. The minimum atomic E-state index is -0.500. The van der Waals surface area contributed by atoms with Crippen LogP contribution in [-0.4, -0.2) is 36.7 Å². The molecule has 0 aromatic carbocycles. The lowest BCUT2D eigenvalue weighted by Gasteiger charge is -2.21. The Kier molecular flexibility index (Phi) is 15.6. The molecule has 1 heterocycles. The summed E-state index contributed by atoms with van der Waals surface area (Å²) in [4.78, 5) is 3.69. The zero-order chi connectivity index (χ0) is 18.3. The lowest BCUT2D eigenvalue weighted by atomic mass is 9.95. The van der Waals surface area contributed by atoms with Crippen LogP contribution in [0.2, 0.25) is 0 Å². The van der Waals surface area contributed by atoms with Crippen molar-refractivity contribution in [1.29, 1.82) is 0 Å². The maximum absolute atomic E-state index is 9.09. The number of aliphatic hydroxyl groups is 1. The van der Waals surface area contributed by atoms with Gasteiger partial charge < -0.3 is 15.6 Å². The van der Waals surface area contributed by atoms with Crippen molar-refractivity contribution in [3.63, 3.8) is 0 Å². The van der Waals surface area contributed by atoms with Gasteiger partial charge in [-0.05, 0) is 58.4 Å². The molecule has 0 aromatic heterocycles. The van der Waals surface area contributed by atoms with E-state index in [2.05, 4.69) is 11.9 Å². The summed E-state index contributed by atoms with van der Waals surface area (Å²) in [5, 5.41) is 9.09. The van der Waals surface area contributed by atoms with Crippen LogP contribution >= 0.6 is 0 Å². The lowest BCUT2D eigenvalue weighted by Crippen LogP contribution is -2.25. The van der Waals surface area contributed by atoms with E-state index in [1.54, 1.807) is 19.3 Å². The van der Waals surface area contributed by atoms with Gasteiger partial charge in [-0.15, -0.1) is 0 Å². The van der Waals surface area contributed by atoms with Crippen LogP contribution in [0.1, 0.15) is 73.6 Å².